The first kappa shape index (κ1) is 13.5. The van der Waals surface area contributed by atoms with Gasteiger partial charge >= 0.3 is 0 Å². The number of methoxy groups -OCH3 is 1. The average Bonchev–Trinajstić information content (AvgIpc) is 3.29. The summed E-state index contributed by atoms with van der Waals surface area (Å²) in [7, 11) is 1.58. The molecular formula is C16H17N3O2. The molecule has 21 heavy (non-hydrogen) atoms. The van der Waals surface area contributed by atoms with Crippen LogP contribution in [0.1, 0.15) is 24.1 Å². The van der Waals surface area contributed by atoms with Crippen LogP contribution in [-0.4, -0.2) is 23.0 Å². The van der Waals surface area contributed by atoms with E-state index in [0.29, 0.717) is 5.88 Å². The van der Waals surface area contributed by atoms with Gasteiger partial charge < -0.3 is 10.5 Å². The molecule has 2 N–H and O–H groups in total. The second-order valence-corrected chi connectivity index (χ2v) is 5.37. The molecule has 0 aliphatic heterocycles. The number of carbonyl (C=O) groups is 1. The van der Waals surface area contributed by atoms with Crippen LogP contribution in [0.4, 0.5) is 0 Å². The summed E-state index contributed by atoms with van der Waals surface area (Å²) < 4.78 is 5.30. The predicted octanol–water partition coefficient (Wildman–Crippen LogP) is 1.98. The van der Waals surface area contributed by atoms with E-state index >= 15 is 0 Å². The molecule has 1 fully saturated rings. The number of carbonyl (C=O) groups excluding carboxylic acids is 1. The number of aryl methyl sites for hydroxylation is 1. The SMILES string of the molecule is COc1ncccc1-c1nc(C2(C(N)=O)CC2)ccc1C. The number of hydrogen-bond acceptors (Lipinski definition) is 4. The minimum Gasteiger partial charge on any atom is -0.481 e. The molecule has 2 aromatic rings. The Bertz CT molecular complexity index is 708. The molecule has 0 aromatic carbocycles. The highest BCUT2D eigenvalue weighted by molar-refractivity contribution is 5.89. The summed E-state index contributed by atoms with van der Waals surface area (Å²) in [5.74, 6) is 0.220. The van der Waals surface area contributed by atoms with Crippen LogP contribution in [0.5, 0.6) is 5.88 Å². The number of primary amides is 1. The van der Waals surface area contributed by atoms with Crippen LogP contribution in [-0.2, 0) is 10.2 Å². The van der Waals surface area contributed by atoms with Crippen LogP contribution >= 0.6 is 0 Å². The van der Waals surface area contributed by atoms with E-state index in [1.807, 2.05) is 31.2 Å². The van der Waals surface area contributed by atoms with Gasteiger partial charge in [0.15, 0.2) is 0 Å². The van der Waals surface area contributed by atoms with Crippen molar-refractivity contribution in [3.8, 4) is 17.1 Å². The Balaban J connectivity index is 2.13. The van der Waals surface area contributed by atoms with Gasteiger partial charge in [0.05, 0.1) is 29.5 Å². The second-order valence-electron chi connectivity index (χ2n) is 5.37. The highest BCUT2D eigenvalue weighted by atomic mass is 16.5. The van der Waals surface area contributed by atoms with Gasteiger partial charge in [0.25, 0.3) is 0 Å². The smallest absolute Gasteiger partial charge is 0.229 e. The maximum Gasteiger partial charge on any atom is 0.229 e. The van der Waals surface area contributed by atoms with Crippen LogP contribution in [0.25, 0.3) is 11.3 Å². The Labute approximate surface area is 123 Å². The molecule has 1 aliphatic carbocycles. The number of nitrogens with two attached hydrogens (primary N) is 1. The molecular weight excluding hydrogens is 266 g/mol. The highest BCUT2D eigenvalue weighted by Crippen LogP contribution is 2.47. The molecule has 1 aliphatic rings. The van der Waals surface area contributed by atoms with Crippen LogP contribution in [0.3, 0.4) is 0 Å². The van der Waals surface area contributed by atoms with Crippen molar-refractivity contribution in [1.29, 1.82) is 0 Å². The molecule has 5 heteroatoms. The van der Waals surface area contributed by atoms with Gasteiger partial charge in [-0.25, -0.2) is 4.98 Å². The topological polar surface area (TPSA) is 78.1 Å². The van der Waals surface area contributed by atoms with Gasteiger partial charge in [0, 0.05) is 6.20 Å². The van der Waals surface area contributed by atoms with Crippen molar-refractivity contribution >= 4 is 5.91 Å². The van der Waals surface area contributed by atoms with Crippen molar-refractivity contribution in [2.24, 2.45) is 5.73 Å². The molecule has 1 amide bonds. The number of ether oxygens (including phenoxy) is 1. The lowest BCUT2D eigenvalue weighted by Crippen LogP contribution is -2.29. The zero-order chi connectivity index (χ0) is 15.0. The zero-order valence-corrected chi connectivity index (χ0v) is 12.1. The van der Waals surface area contributed by atoms with Crippen LogP contribution in [0.2, 0.25) is 0 Å². The van der Waals surface area contributed by atoms with E-state index in [9.17, 15) is 4.79 Å². The third kappa shape index (κ3) is 2.14. The van der Waals surface area contributed by atoms with Gasteiger partial charge in [-0.2, -0.15) is 0 Å². The summed E-state index contributed by atoms with van der Waals surface area (Å²) in [6.45, 7) is 1.97. The van der Waals surface area contributed by atoms with E-state index in [4.69, 9.17) is 10.5 Å². The van der Waals surface area contributed by atoms with Crippen molar-refractivity contribution in [3.63, 3.8) is 0 Å². The van der Waals surface area contributed by atoms with E-state index in [1.54, 1.807) is 13.3 Å². The van der Waals surface area contributed by atoms with Gasteiger partial charge in [-0.15, -0.1) is 0 Å². The maximum absolute atomic E-state index is 11.7. The molecule has 5 nitrogen and oxygen atoms in total. The maximum atomic E-state index is 11.7. The largest absolute Gasteiger partial charge is 0.481 e. The number of rotatable bonds is 4. The fourth-order valence-electron chi connectivity index (χ4n) is 2.56. The van der Waals surface area contributed by atoms with Crippen LogP contribution < -0.4 is 10.5 Å². The van der Waals surface area contributed by atoms with E-state index in [2.05, 4.69) is 9.97 Å². The first-order chi connectivity index (χ1) is 10.1. The molecule has 0 spiro atoms. The van der Waals surface area contributed by atoms with Gasteiger partial charge in [-0.05, 0) is 43.5 Å². The van der Waals surface area contributed by atoms with Crippen molar-refractivity contribution in [2.45, 2.75) is 25.2 Å². The summed E-state index contributed by atoms with van der Waals surface area (Å²) in [5, 5.41) is 0. The fraction of sp³-hybridized carbons (Fsp3) is 0.312. The van der Waals surface area contributed by atoms with E-state index in [0.717, 1.165) is 35.4 Å². The Morgan fingerprint density at radius 2 is 2.10 bits per heavy atom. The third-order valence-corrected chi connectivity index (χ3v) is 4.03. The van der Waals surface area contributed by atoms with Crippen LogP contribution in [0.15, 0.2) is 30.5 Å². The lowest BCUT2D eigenvalue weighted by molar-refractivity contribution is -0.120. The molecule has 0 saturated heterocycles. The first-order valence-electron chi connectivity index (χ1n) is 6.86. The quantitative estimate of drug-likeness (QED) is 0.930. The molecule has 3 rings (SSSR count). The number of hydrogen-bond donors (Lipinski definition) is 1. The standard InChI is InChI=1S/C16H17N3O2/c1-10-5-6-12(16(7-8-16)15(17)20)19-13(10)11-4-3-9-18-14(11)21-2/h3-6,9H,7-8H2,1-2H3,(H2,17,20). The summed E-state index contributed by atoms with van der Waals surface area (Å²) in [4.78, 5) is 20.6. The molecule has 0 unspecified atom stereocenters. The van der Waals surface area contributed by atoms with E-state index in [1.165, 1.54) is 0 Å². The van der Waals surface area contributed by atoms with Crippen molar-refractivity contribution < 1.29 is 9.53 Å². The van der Waals surface area contributed by atoms with Gasteiger partial charge in [-0.1, -0.05) is 6.07 Å². The monoisotopic (exact) mass is 283 g/mol. The number of amides is 1. The molecule has 108 valence electrons. The van der Waals surface area contributed by atoms with Gasteiger partial charge in [-0.3, -0.25) is 9.78 Å². The van der Waals surface area contributed by atoms with E-state index < -0.39 is 5.41 Å². The van der Waals surface area contributed by atoms with Gasteiger partial charge in [0.1, 0.15) is 0 Å². The van der Waals surface area contributed by atoms with Crippen LogP contribution in [0, 0.1) is 6.92 Å². The zero-order valence-electron chi connectivity index (χ0n) is 12.1. The lowest BCUT2D eigenvalue weighted by Gasteiger charge is -2.14. The van der Waals surface area contributed by atoms with Gasteiger partial charge in [0.2, 0.25) is 11.8 Å². The minimum absolute atomic E-state index is 0.303. The molecule has 0 radical (unpaired) electrons. The Hall–Kier alpha value is -2.43. The summed E-state index contributed by atoms with van der Waals surface area (Å²) >= 11 is 0. The lowest BCUT2D eigenvalue weighted by atomic mass is 9.98. The van der Waals surface area contributed by atoms with E-state index in [-0.39, 0.29) is 5.91 Å². The summed E-state index contributed by atoms with van der Waals surface area (Å²) in [6, 6.07) is 7.61. The Morgan fingerprint density at radius 3 is 2.71 bits per heavy atom. The normalized spacial score (nSPS) is 15.5. The second kappa shape index (κ2) is 4.84. The molecule has 1 saturated carbocycles. The minimum atomic E-state index is -0.585. The molecule has 0 bridgehead atoms. The molecule has 2 heterocycles. The number of aromatic nitrogens is 2. The molecule has 0 atom stereocenters. The van der Waals surface area contributed by atoms with Crippen molar-refractivity contribution in [2.75, 3.05) is 7.11 Å². The number of pyridine rings is 2. The fourth-order valence-corrected chi connectivity index (χ4v) is 2.56. The first-order valence-corrected chi connectivity index (χ1v) is 6.86. The highest BCUT2D eigenvalue weighted by Gasteiger charge is 2.51. The van der Waals surface area contributed by atoms with Crippen molar-refractivity contribution in [1.82, 2.24) is 9.97 Å². The summed E-state index contributed by atoms with van der Waals surface area (Å²) in [6.07, 6.45) is 3.21. The Kier molecular flexibility index (Phi) is 3.12. The third-order valence-electron chi connectivity index (χ3n) is 4.03. The number of nitrogens with zero attached hydrogens (tertiary/aromatic N) is 2. The molecule has 2 aromatic heterocycles. The average molecular weight is 283 g/mol. The Morgan fingerprint density at radius 1 is 1.33 bits per heavy atom. The summed E-state index contributed by atoms with van der Waals surface area (Å²) in [5.41, 5.74) is 8.29. The van der Waals surface area contributed by atoms with Crippen molar-refractivity contribution in [3.05, 3.63) is 41.7 Å². The predicted molar refractivity (Wildman–Crippen MR) is 78.9 cm³/mol.